The highest BCUT2D eigenvalue weighted by Crippen LogP contribution is 2.36. The van der Waals surface area contributed by atoms with Crippen molar-refractivity contribution in [1.82, 2.24) is 16.0 Å². The summed E-state index contributed by atoms with van der Waals surface area (Å²) in [6.07, 6.45) is -25.0. The lowest BCUT2D eigenvalue weighted by Crippen LogP contribution is -2.68. The number of carbonyl (C=O) groups excluding carboxylic acids is 3. The Morgan fingerprint density at radius 2 is 1.41 bits per heavy atom. The van der Waals surface area contributed by atoms with E-state index in [9.17, 15) is 70.2 Å². The zero-order chi connectivity index (χ0) is 46.1. The van der Waals surface area contributed by atoms with Gasteiger partial charge in [-0.15, -0.1) is 0 Å². The number of hydrogen-bond acceptors (Lipinski definition) is 21. The van der Waals surface area contributed by atoms with Crippen LogP contribution in [0.1, 0.15) is 48.0 Å². The molecule has 25 nitrogen and oxygen atoms in total. The van der Waals surface area contributed by atoms with E-state index in [0.29, 0.717) is 0 Å². The third-order valence-electron chi connectivity index (χ3n) is 10.6. The molecule has 0 radical (unpaired) electrons. The van der Waals surface area contributed by atoms with E-state index in [-0.39, 0.29) is 12.5 Å². The molecule has 0 aromatic heterocycles. The van der Waals surface area contributed by atoms with Gasteiger partial charge in [-0.2, -0.15) is 0 Å². The van der Waals surface area contributed by atoms with E-state index < -0.39 is 166 Å². The molecule has 3 saturated heterocycles. The fourth-order valence-electron chi connectivity index (χ4n) is 7.60. The van der Waals surface area contributed by atoms with Gasteiger partial charge in [0.15, 0.2) is 12.6 Å². The van der Waals surface area contributed by atoms with E-state index in [2.05, 4.69) is 16.0 Å². The maximum absolute atomic E-state index is 12.6. The summed E-state index contributed by atoms with van der Waals surface area (Å²) in [6, 6.07) is -3.55. The average Bonchev–Trinajstić information content (AvgIpc) is 3.19. The number of nitrogens with one attached hydrogen (secondary N) is 3. The van der Waals surface area contributed by atoms with Crippen LogP contribution in [0.2, 0.25) is 0 Å². The zero-order valence-electron chi connectivity index (χ0n) is 34.9. The molecule has 0 saturated carbocycles. The Morgan fingerprint density at radius 3 is 1.93 bits per heavy atom. The predicted molar refractivity (Wildman–Crippen MR) is 199 cm³/mol. The monoisotopic (exact) mass is 889 g/mol. The minimum atomic E-state index is -2.84. The van der Waals surface area contributed by atoms with Gasteiger partial charge in [-0.05, 0) is 20.8 Å². The van der Waals surface area contributed by atoms with Crippen molar-refractivity contribution in [2.75, 3.05) is 33.5 Å². The van der Waals surface area contributed by atoms with Gasteiger partial charge in [0.25, 0.3) is 5.79 Å². The van der Waals surface area contributed by atoms with Gasteiger partial charge in [0.2, 0.25) is 17.7 Å². The van der Waals surface area contributed by atoms with Crippen molar-refractivity contribution in [2.45, 2.75) is 170 Å². The largest absolute Gasteiger partial charge is 0.477 e. The number of aliphatic hydroxyl groups is 9. The van der Waals surface area contributed by atoms with Gasteiger partial charge < -0.3 is 105 Å². The van der Waals surface area contributed by atoms with Crippen LogP contribution in [-0.4, -0.2) is 230 Å². The molecule has 0 aromatic carbocycles. The Morgan fingerprint density at radius 1 is 0.820 bits per heavy atom. The van der Waals surface area contributed by atoms with Crippen LogP contribution in [0.5, 0.6) is 0 Å². The molecule has 354 valence electrons. The molecule has 0 bridgehead atoms. The molecular formula is C36H63N3O22. The van der Waals surface area contributed by atoms with Crippen molar-refractivity contribution in [3.63, 3.8) is 0 Å². The molecule has 3 aliphatic rings. The number of aliphatic hydroxyl groups excluding tert-OH is 9. The van der Waals surface area contributed by atoms with Crippen LogP contribution in [0, 0.1) is 0 Å². The predicted octanol–water partition coefficient (Wildman–Crippen LogP) is -6.72. The van der Waals surface area contributed by atoms with Crippen molar-refractivity contribution in [2.24, 2.45) is 0 Å². The van der Waals surface area contributed by atoms with Gasteiger partial charge >= 0.3 is 5.97 Å². The van der Waals surface area contributed by atoms with Crippen LogP contribution >= 0.6 is 0 Å². The van der Waals surface area contributed by atoms with Crippen LogP contribution in [0.25, 0.3) is 0 Å². The number of rotatable bonds is 21. The molecule has 13 N–H and O–H groups in total. The fraction of sp³-hybridized carbons (Fsp3) is 0.889. The SMILES string of the molecule is CO[C@@H]1C(NC(C)=O)[C@@H](C)OC(CO[C@@H]2OC(CO)[C@@H](OC(C)OC(CO)[C@H](O)[C@@H](C)O[C@]3(C(=O)O)C[C@@H](O)[C@@H](NC(C)=O)C([C@H](O)[C@H](O)CO)O3)[C@H](O)C2NC(C)=O)[C@@H]1O. The molecule has 61 heavy (non-hydrogen) atoms. The number of amides is 3. The smallest absolute Gasteiger partial charge is 0.364 e. The summed E-state index contributed by atoms with van der Waals surface area (Å²) < 4.78 is 45.9. The summed E-state index contributed by atoms with van der Waals surface area (Å²) in [6.45, 7) is 4.49. The number of methoxy groups -OCH3 is 1. The Bertz CT molecular complexity index is 1430. The second-order valence-corrected chi connectivity index (χ2v) is 15.3. The van der Waals surface area contributed by atoms with Gasteiger partial charge in [-0.3, -0.25) is 14.4 Å². The molecule has 0 aliphatic carbocycles. The third kappa shape index (κ3) is 13.1. The fourth-order valence-corrected chi connectivity index (χ4v) is 7.60. The molecule has 3 aliphatic heterocycles. The molecule has 0 aromatic rings. The summed E-state index contributed by atoms with van der Waals surface area (Å²) in [5.74, 6) is -6.42. The zero-order valence-corrected chi connectivity index (χ0v) is 34.9. The van der Waals surface area contributed by atoms with E-state index in [4.69, 9.17) is 37.9 Å². The normalized spacial score (nSPS) is 37.3. The third-order valence-corrected chi connectivity index (χ3v) is 10.6. The van der Waals surface area contributed by atoms with Crippen LogP contribution in [0.3, 0.4) is 0 Å². The van der Waals surface area contributed by atoms with E-state index in [0.717, 1.165) is 20.8 Å². The van der Waals surface area contributed by atoms with E-state index >= 15 is 0 Å². The van der Waals surface area contributed by atoms with Crippen LogP contribution in [0.4, 0.5) is 0 Å². The lowest BCUT2D eigenvalue weighted by atomic mass is 9.88. The number of aliphatic carboxylic acids is 1. The van der Waals surface area contributed by atoms with Crippen molar-refractivity contribution < 1.29 is 108 Å². The molecule has 25 heteroatoms. The minimum absolute atomic E-state index is 0.375. The quantitative estimate of drug-likeness (QED) is 0.0476. The van der Waals surface area contributed by atoms with Gasteiger partial charge in [0.1, 0.15) is 73.2 Å². The first-order valence-corrected chi connectivity index (χ1v) is 19.6. The standard InChI is InChI=1S/C36H63N3O22/c1-13-24(37-15(3)43)32(54-7)29(50)23(56-13)12-55-34-26(39-17(5)45)30(51)31(22(11-42)59-34)58-18(6)57-21(10-41)27(48)14(2)60-36(35(52)53)8-19(46)25(38-16(4)44)33(61-36)28(49)20(47)9-40/h13-14,18-34,40-42,46-51H,8-12H2,1-7H3,(H,37,43)(H,38,44)(H,39,45)(H,52,53)/t13-,14-,18?,19-,20-,21?,22?,23?,24?,25-,26?,27-,28-,29+,30-,31-,32-,33?,34-,36-/m1/s1. The summed E-state index contributed by atoms with van der Waals surface area (Å²) in [4.78, 5) is 48.5. The van der Waals surface area contributed by atoms with Crippen molar-refractivity contribution >= 4 is 23.7 Å². The van der Waals surface area contributed by atoms with Gasteiger partial charge in [0, 0.05) is 34.3 Å². The first-order chi connectivity index (χ1) is 28.5. The van der Waals surface area contributed by atoms with Gasteiger partial charge in [-0.25, -0.2) is 4.79 Å². The summed E-state index contributed by atoms with van der Waals surface area (Å²) in [5.41, 5.74) is 0. The van der Waals surface area contributed by atoms with Crippen molar-refractivity contribution in [1.29, 1.82) is 0 Å². The lowest BCUT2D eigenvalue weighted by Gasteiger charge is -2.47. The number of carboxylic acid groups (broad SMARTS) is 1. The van der Waals surface area contributed by atoms with E-state index in [1.54, 1.807) is 6.92 Å². The minimum Gasteiger partial charge on any atom is -0.477 e. The summed E-state index contributed by atoms with van der Waals surface area (Å²) >= 11 is 0. The number of hydrogen-bond donors (Lipinski definition) is 13. The van der Waals surface area contributed by atoms with Crippen LogP contribution in [-0.2, 0) is 57.1 Å². The lowest BCUT2D eigenvalue weighted by molar-refractivity contribution is -0.335. The summed E-state index contributed by atoms with van der Waals surface area (Å²) in [7, 11) is 1.34. The van der Waals surface area contributed by atoms with Crippen LogP contribution < -0.4 is 16.0 Å². The van der Waals surface area contributed by atoms with Crippen molar-refractivity contribution in [3.8, 4) is 0 Å². The average molecular weight is 890 g/mol. The molecular weight excluding hydrogens is 826 g/mol. The van der Waals surface area contributed by atoms with Crippen molar-refractivity contribution in [3.05, 3.63) is 0 Å². The first-order valence-electron chi connectivity index (χ1n) is 19.6. The molecule has 0 spiro atoms. The maximum Gasteiger partial charge on any atom is 0.364 e. The van der Waals surface area contributed by atoms with Gasteiger partial charge in [0.05, 0.1) is 56.8 Å². The molecule has 7 unspecified atom stereocenters. The molecule has 3 heterocycles. The van der Waals surface area contributed by atoms with Gasteiger partial charge in [-0.1, -0.05) is 0 Å². The highest BCUT2D eigenvalue weighted by atomic mass is 16.7. The molecule has 3 fully saturated rings. The highest BCUT2D eigenvalue weighted by Gasteiger charge is 2.57. The topological polar surface area (TPSA) is 381 Å². The van der Waals surface area contributed by atoms with E-state index in [1.807, 2.05) is 0 Å². The van der Waals surface area contributed by atoms with Crippen LogP contribution in [0.15, 0.2) is 0 Å². The maximum atomic E-state index is 12.6. The second kappa shape index (κ2) is 23.2. The highest BCUT2D eigenvalue weighted by molar-refractivity contribution is 5.77. The molecule has 3 rings (SSSR count). The number of carbonyl (C=O) groups is 4. The molecule has 3 amide bonds. The Labute approximate surface area is 351 Å². The first kappa shape index (κ1) is 52.5. The Hall–Kier alpha value is -2.80. The Balaban J connectivity index is 1.74. The number of ether oxygens (including phenoxy) is 8. The molecule has 20 atom stereocenters. The van der Waals surface area contributed by atoms with E-state index in [1.165, 1.54) is 21.0 Å². The summed E-state index contributed by atoms with van der Waals surface area (Å²) in [5, 5.41) is 113. The second-order valence-electron chi connectivity index (χ2n) is 15.3. The number of carboxylic acids is 1. The Kier molecular flexibility index (Phi) is 20.0.